The molecule has 6 heteroatoms. The highest BCUT2D eigenvalue weighted by Crippen LogP contribution is 2.26. The standard InChI is InChI=1S/C10H18F2N2OS/c1-10(2)6-14-9(16-7-10)13-3-4-15-5-8(11)12/h8H,3-7H2,1-2H3,(H,13,14). The summed E-state index contributed by atoms with van der Waals surface area (Å²) in [6.07, 6.45) is -2.39. The molecule has 1 aliphatic heterocycles. The Morgan fingerprint density at radius 1 is 1.56 bits per heavy atom. The summed E-state index contributed by atoms with van der Waals surface area (Å²) in [4.78, 5) is 4.38. The third-order valence-electron chi connectivity index (χ3n) is 2.02. The van der Waals surface area contributed by atoms with Gasteiger partial charge >= 0.3 is 0 Å². The second-order valence-electron chi connectivity index (χ2n) is 4.47. The Morgan fingerprint density at radius 3 is 2.88 bits per heavy atom. The molecule has 0 unspecified atom stereocenters. The fraction of sp³-hybridized carbons (Fsp3) is 0.900. The molecule has 0 aliphatic carbocycles. The number of thioether (sulfide) groups is 1. The van der Waals surface area contributed by atoms with Gasteiger partial charge in [0.25, 0.3) is 6.43 Å². The number of nitrogens with zero attached hydrogens (tertiary/aromatic N) is 1. The average molecular weight is 252 g/mol. The monoisotopic (exact) mass is 252 g/mol. The lowest BCUT2D eigenvalue weighted by molar-refractivity contribution is 0.0197. The van der Waals surface area contributed by atoms with Gasteiger partial charge in [-0.1, -0.05) is 25.6 Å². The molecule has 94 valence electrons. The molecule has 0 aromatic heterocycles. The van der Waals surface area contributed by atoms with Crippen molar-refractivity contribution in [3.8, 4) is 0 Å². The Kier molecular flexibility index (Phi) is 5.48. The van der Waals surface area contributed by atoms with Crippen molar-refractivity contribution in [2.24, 2.45) is 10.4 Å². The first-order valence-electron chi connectivity index (χ1n) is 5.27. The highest BCUT2D eigenvalue weighted by Gasteiger charge is 2.22. The largest absolute Gasteiger partial charge is 0.374 e. The highest BCUT2D eigenvalue weighted by atomic mass is 32.2. The van der Waals surface area contributed by atoms with Gasteiger partial charge in [-0.15, -0.1) is 0 Å². The normalized spacial score (nSPS) is 19.7. The minimum atomic E-state index is -2.39. The molecule has 0 bridgehead atoms. The first-order chi connectivity index (χ1) is 7.49. The van der Waals surface area contributed by atoms with E-state index in [0.717, 1.165) is 17.5 Å². The van der Waals surface area contributed by atoms with Crippen LogP contribution in [0.3, 0.4) is 0 Å². The van der Waals surface area contributed by atoms with E-state index in [1.807, 2.05) is 0 Å². The molecular weight excluding hydrogens is 234 g/mol. The molecular formula is C10H18F2N2OS. The zero-order chi connectivity index (χ0) is 12.0. The number of aliphatic imine (C=N–C) groups is 1. The molecule has 1 aliphatic rings. The van der Waals surface area contributed by atoms with E-state index in [9.17, 15) is 8.78 Å². The Hall–Kier alpha value is -0.360. The smallest absolute Gasteiger partial charge is 0.261 e. The van der Waals surface area contributed by atoms with Crippen LogP contribution in [0.15, 0.2) is 4.99 Å². The summed E-state index contributed by atoms with van der Waals surface area (Å²) in [5, 5.41) is 3.97. The van der Waals surface area contributed by atoms with Crippen LogP contribution in [0.5, 0.6) is 0 Å². The lowest BCUT2D eigenvalue weighted by Crippen LogP contribution is -2.33. The van der Waals surface area contributed by atoms with Crippen LogP contribution in [0.2, 0.25) is 0 Å². The Labute approximate surface area is 99.0 Å². The maximum Gasteiger partial charge on any atom is 0.261 e. The number of hydrogen-bond donors (Lipinski definition) is 1. The summed E-state index contributed by atoms with van der Waals surface area (Å²) in [5.74, 6) is 1.02. The van der Waals surface area contributed by atoms with Crippen LogP contribution in [-0.2, 0) is 4.74 Å². The molecule has 0 saturated carbocycles. The van der Waals surface area contributed by atoms with Gasteiger partial charge in [-0.2, -0.15) is 0 Å². The number of nitrogens with one attached hydrogen (secondary N) is 1. The number of rotatable bonds is 5. The van der Waals surface area contributed by atoms with E-state index in [1.54, 1.807) is 11.8 Å². The lowest BCUT2D eigenvalue weighted by atomic mass is 9.97. The van der Waals surface area contributed by atoms with Crippen LogP contribution < -0.4 is 5.32 Å². The lowest BCUT2D eigenvalue weighted by Gasteiger charge is -2.27. The van der Waals surface area contributed by atoms with Crippen LogP contribution in [0, 0.1) is 5.41 Å². The minimum absolute atomic E-state index is 0.252. The van der Waals surface area contributed by atoms with Crippen molar-refractivity contribution in [3.05, 3.63) is 0 Å². The van der Waals surface area contributed by atoms with Gasteiger partial charge in [0.05, 0.1) is 6.61 Å². The molecule has 16 heavy (non-hydrogen) atoms. The highest BCUT2D eigenvalue weighted by molar-refractivity contribution is 8.13. The number of hydrogen-bond acceptors (Lipinski definition) is 4. The van der Waals surface area contributed by atoms with E-state index in [1.165, 1.54) is 0 Å². The number of amidine groups is 1. The van der Waals surface area contributed by atoms with Crippen molar-refractivity contribution in [3.63, 3.8) is 0 Å². The maximum absolute atomic E-state index is 11.7. The number of halogens is 2. The molecule has 1 rings (SSSR count). The molecule has 0 atom stereocenters. The second-order valence-corrected chi connectivity index (χ2v) is 5.43. The third kappa shape index (κ3) is 5.65. The molecule has 0 amide bonds. The fourth-order valence-electron chi connectivity index (χ4n) is 1.15. The van der Waals surface area contributed by atoms with E-state index in [4.69, 9.17) is 4.74 Å². The van der Waals surface area contributed by atoms with Crippen LogP contribution >= 0.6 is 11.8 Å². The van der Waals surface area contributed by atoms with Gasteiger partial charge in [-0.25, -0.2) is 8.78 Å². The summed E-state index contributed by atoms with van der Waals surface area (Å²) >= 11 is 1.67. The van der Waals surface area contributed by atoms with Crippen LogP contribution in [0.4, 0.5) is 8.78 Å². The Balaban J connectivity index is 2.08. The van der Waals surface area contributed by atoms with Gasteiger partial charge in [0.15, 0.2) is 5.17 Å². The molecule has 0 radical (unpaired) electrons. The third-order valence-corrected chi connectivity index (χ3v) is 3.49. The first kappa shape index (κ1) is 13.7. The van der Waals surface area contributed by atoms with Crippen molar-refractivity contribution in [1.82, 2.24) is 5.32 Å². The van der Waals surface area contributed by atoms with E-state index >= 15 is 0 Å². The van der Waals surface area contributed by atoms with E-state index < -0.39 is 13.0 Å². The Morgan fingerprint density at radius 2 is 2.31 bits per heavy atom. The van der Waals surface area contributed by atoms with Gasteiger partial charge < -0.3 is 10.1 Å². The maximum atomic E-state index is 11.7. The predicted molar refractivity (Wildman–Crippen MR) is 63.4 cm³/mol. The van der Waals surface area contributed by atoms with Gasteiger partial charge in [0.1, 0.15) is 6.61 Å². The topological polar surface area (TPSA) is 33.6 Å². The van der Waals surface area contributed by atoms with E-state index in [2.05, 4.69) is 24.2 Å². The van der Waals surface area contributed by atoms with Gasteiger partial charge in [-0.3, -0.25) is 4.99 Å². The Bertz CT molecular complexity index is 247. The molecule has 1 heterocycles. The van der Waals surface area contributed by atoms with Gasteiger partial charge in [0.2, 0.25) is 0 Å². The van der Waals surface area contributed by atoms with Crippen molar-refractivity contribution in [2.75, 3.05) is 32.1 Å². The van der Waals surface area contributed by atoms with Crippen molar-refractivity contribution < 1.29 is 13.5 Å². The summed E-state index contributed by atoms with van der Waals surface area (Å²) < 4.78 is 28.2. The minimum Gasteiger partial charge on any atom is -0.374 e. The van der Waals surface area contributed by atoms with Crippen LogP contribution in [-0.4, -0.2) is 43.6 Å². The van der Waals surface area contributed by atoms with Crippen LogP contribution in [0.1, 0.15) is 13.8 Å². The van der Waals surface area contributed by atoms with Crippen molar-refractivity contribution in [2.45, 2.75) is 20.3 Å². The molecule has 3 nitrogen and oxygen atoms in total. The fourth-order valence-corrected chi connectivity index (χ4v) is 2.13. The zero-order valence-electron chi connectivity index (χ0n) is 9.63. The summed E-state index contributed by atoms with van der Waals surface area (Å²) in [6.45, 7) is 5.47. The van der Waals surface area contributed by atoms with Gasteiger partial charge in [-0.05, 0) is 5.41 Å². The molecule has 0 spiro atoms. The summed E-state index contributed by atoms with van der Waals surface area (Å²) in [7, 11) is 0. The average Bonchev–Trinajstić information content (AvgIpc) is 2.19. The van der Waals surface area contributed by atoms with Crippen LogP contribution in [0.25, 0.3) is 0 Å². The molecule has 1 N–H and O–H groups in total. The summed E-state index contributed by atoms with van der Waals surface area (Å²) in [5.41, 5.74) is 0.252. The number of alkyl halides is 2. The quantitative estimate of drug-likeness (QED) is 0.760. The number of ether oxygens (including phenoxy) is 1. The van der Waals surface area contributed by atoms with E-state index in [-0.39, 0.29) is 12.0 Å². The van der Waals surface area contributed by atoms with Crippen molar-refractivity contribution in [1.29, 1.82) is 0 Å². The van der Waals surface area contributed by atoms with Gasteiger partial charge in [0, 0.05) is 18.8 Å². The molecule has 0 aromatic rings. The summed E-state index contributed by atoms with van der Waals surface area (Å²) in [6, 6.07) is 0. The second kappa shape index (κ2) is 6.39. The molecule has 0 fully saturated rings. The first-order valence-corrected chi connectivity index (χ1v) is 6.25. The zero-order valence-corrected chi connectivity index (χ0v) is 10.4. The SMILES string of the molecule is CC1(C)CN=C(NCCOCC(F)F)SC1. The molecule has 0 aromatic carbocycles. The molecule has 0 saturated heterocycles. The van der Waals surface area contributed by atoms with Crippen molar-refractivity contribution >= 4 is 16.9 Å². The predicted octanol–water partition coefficient (Wildman–Crippen LogP) is 1.99. The van der Waals surface area contributed by atoms with E-state index in [0.29, 0.717) is 6.54 Å².